The maximum Gasteiger partial charge on any atom is 0.399 e. The van der Waals surface area contributed by atoms with Crippen LogP contribution in [-0.4, -0.2) is 31.5 Å². The number of carbonyl (C=O) groups excluding carboxylic acids is 1. The summed E-state index contributed by atoms with van der Waals surface area (Å²) in [4.78, 5) is 11.7. The Balaban J connectivity index is 2.94. The highest BCUT2D eigenvalue weighted by Crippen LogP contribution is 2.74. The highest BCUT2D eigenvalue weighted by atomic mass is 31.2. The van der Waals surface area contributed by atoms with Gasteiger partial charge in [0.05, 0.1) is 31.2 Å². The highest BCUT2D eigenvalue weighted by Gasteiger charge is 2.74. The minimum Gasteiger partial charge on any atom is -0.466 e. The van der Waals surface area contributed by atoms with Crippen LogP contribution in [0, 0.1) is 11.3 Å². The third-order valence-electron chi connectivity index (χ3n) is 3.36. The number of rotatable bonds is 8. The van der Waals surface area contributed by atoms with Gasteiger partial charge in [-0.15, -0.1) is 0 Å². The van der Waals surface area contributed by atoms with E-state index in [1.807, 2.05) is 0 Å². The summed E-state index contributed by atoms with van der Waals surface area (Å²) < 4.78 is 55.2. The van der Waals surface area contributed by atoms with E-state index in [1.54, 1.807) is 6.92 Å². The van der Waals surface area contributed by atoms with Gasteiger partial charge in [0.15, 0.2) is 0 Å². The lowest BCUT2D eigenvalue weighted by molar-refractivity contribution is -0.151. The maximum atomic E-state index is 14.4. The molecule has 0 bridgehead atoms. The zero-order valence-corrected chi connectivity index (χ0v) is 13.0. The first kappa shape index (κ1) is 17.5. The second-order valence-electron chi connectivity index (χ2n) is 4.82. The number of esters is 1. The molecule has 1 fully saturated rings. The number of alkyl halides is 2. The zero-order valence-electron chi connectivity index (χ0n) is 12.2. The van der Waals surface area contributed by atoms with Gasteiger partial charge in [0.2, 0.25) is 0 Å². The van der Waals surface area contributed by atoms with Gasteiger partial charge < -0.3 is 13.8 Å². The molecule has 118 valence electrons. The fourth-order valence-electron chi connectivity index (χ4n) is 2.13. The maximum absolute atomic E-state index is 14.4. The van der Waals surface area contributed by atoms with Crippen LogP contribution in [0.5, 0.6) is 0 Å². The van der Waals surface area contributed by atoms with Crippen molar-refractivity contribution in [2.45, 2.75) is 39.8 Å². The third kappa shape index (κ3) is 2.90. The predicted octanol–water partition coefficient (Wildman–Crippen LogP) is 3.43. The molecule has 0 aromatic rings. The first-order valence-electron chi connectivity index (χ1n) is 6.63. The molecule has 0 aromatic heterocycles. The van der Waals surface area contributed by atoms with Gasteiger partial charge in [-0.25, -0.2) is 0 Å². The molecule has 2 atom stereocenters. The van der Waals surface area contributed by atoms with Gasteiger partial charge in [0.25, 0.3) is 0 Å². The Morgan fingerprint density at radius 2 is 1.75 bits per heavy atom. The Bertz CT molecular complexity index is 405. The molecule has 0 N–H and O–H groups in total. The van der Waals surface area contributed by atoms with Crippen LogP contribution in [0.2, 0.25) is 0 Å². The van der Waals surface area contributed by atoms with Crippen LogP contribution in [0.4, 0.5) is 8.78 Å². The van der Waals surface area contributed by atoms with Gasteiger partial charge >= 0.3 is 19.2 Å². The summed E-state index contributed by atoms with van der Waals surface area (Å²) >= 11 is 0. The topological polar surface area (TPSA) is 61.8 Å². The molecule has 1 rings (SSSR count). The highest BCUT2D eigenvalue weighted by molar-refractivity contribution is 7.55. The van der Waals surface area contributed by atoms with Crippen molar-refractivity contribution in [3.05, 3.63) is 0 Å². The molecule has 8 heteroatoms. The number of ether oxygens (including phenoxy) is 1. The van der Waals surface area contributed by atoms with E-state index in [0.717, 1.165) is 0 Å². The molecule has 0 aliphatic heterocycles. The van der Waals surface area contributed by atoms with Crippen molar-refractivity contribution in [3.8, 4) is 0 Å². The van der Waals surface area contributed by atoms with Crippen LogP contribution in [-0.2, 0) is 23.1 Å². The van der Waals surface area contributed by atoms with Crippen LogP contribution in [0.3, 0.4) is 0 Å². The quantitative estimate of drug-likeness (QED) is 0.507. The number of carbonyl (C=O) groups is 1. The van der Waals surface area contributed by atoms with Crippen molar-refractivity contribution in [1.82, 2.24) is 0 Å². The van der Waals surface area contributed by atoms with E-state index in [2.05, 4.69) is 0 Å². The van der Waals surface area contributed by atoms with Gasteiger partial charge in [-0.3, -0.25) is 9.36 Å². The minimum absolute atomic E-state index is 0.0943. The molecule has 5 nitrogen and oxygen atoms in total. The summed E-state index contributed by atoms with van der Waals surface area (Å²) in [5.41, 5.74) is -5.04. The Labute approximate surface area is 117 Å². The average molecular weight is 314 g/mol. The van der Waals surface area contributed by atoms with Crippen molar-refractivity contribution in [3.63, 3.8) is 0 Å². The summed E-state index contributed by atoms with van der Waals surface area (Å²) in [5.74, 6) is -2.10. The number of hydrogen-bond donors (Lipinski definition) is 0. The van der Waals surface area contributed by atoms with Crippen LogP contribution in [0.1, 0.15) is 34.1 Å². The van der Waals surface area contributed by atoms with Crippen molar-refractivity contribution >= 4 is 13.6 Å². The van der Waals surface area contributed by atoms with E-state index in [4.69, 9.17) is 13.8 Å². The van der Waals surface area contributed by atoms with E-state index in [0.29, 0.717) is 0 Å². The standard InChI is InChI=1S/C12H21F2O5P/c1-5-17-10(15)11(4)8-9(11)12(13,14)20(16,18-6-2)19-7-3/h9H,5-8H2,1-4H3/t9-,11-/m1/s1. The molecule has 0 amide bonds. The number of halogens is 2. The van der Waals surface area contributed by atoms with E-state index in [1.165, 1.54) is 20.8 Å². The van der Waals surface area contributed by atoms with Gasteiger partial charge in [-0.1, -0.05) is 0 Å². The van der Waals surface area contributed by atoms with Crippen LogP contribution in [0.15, 0.2) is 0 Å². The summed E-state index contributed by atoms with van der Waals surface area (Å²) in [6.07, 6.45) is -0.0943. The summed E-state index contributed by atoms with van der Waals surface area (Å²) in [5, 5.41) is 0. The lowest BCUT2D eigenvalue weighted by Gasteiger charge is -2.27. The van der Waals surface area contributed by atoms with Crippen molar-refractivity contribution in [2.75, 3.05) is 19.8 Å². The molecule has 0 radical (unpaired) electrons. The third-order valence-corrected chi connectivity index (χ3v) is 5.60. The fourth-order valence-corrected chi connectivity index (χ4v) is 3.99. The Morgan fingerprint density at radius 1 is 1.25 bits per heavy atom. The van der Waals surface area contributed by atoms with Gasteiger partial charge in [0.1, 0.15) is 0 Å². The van der Waals surface area contributed by atoms with E-state index >= 15 is 0 Å². The Kier molecular flexibility index (Phi) is 5.33. The summed E-state index contributed by atoms with van der Waals surface area (Å²) in [6.45, 7) is 5.69. The average Bonchev–Trinajstić information content (AvgIpc) is 3.05. The molecular formula is C12H21F2O5P. The smallest absolute Gasteiger partial charge is 0.399 e. The van der Waals surface area contributed by atoms with E-state index < -0.39 is 30.6 Å². The molecule has 20 heavy (non-hydrogen) atoms. The van der Waals surface area contributed by atoms with Crippen molar-refractivity contribution in [1.29, 1.82) is 0 Å². The van der Waals surface area contributed by atoms with E-state index in [9.17, 15) is 18.1 Å². The van der Waals surface area contributed by atoms with Gasteiger partial charge in [-0.05, 0) is 34.1 Å². The molecule has 0 heterocycles. The minimum atomic E-state index is -4.60. The largest absolute Gasteiger partial charge is 0.466 e. The van der Waals surface area contributed by atoms with E-state index in [-0.39, 0.29) is 26.2 Å². The van der Waals surface area contributed by atoms with Crippen LogP contribution >= 0.6 is 7.60 Å². The zero-order chi connectivity index (χ0) is 15.6. The molecule has 0 saturated heterocycles. The lowest BCUT2D eigenvalue weighted by Crippen LogP contribution is -2.29. The van der Waals surface area contributed by atoms with Crippen LogP contribution < -0.4 is 0 Å². The molecule has 1 aliphatic carbocycles. The fraction of sp³-hybridized carbons (Fsp3) is 0.917. The van der Waals surface area contributed by atoms with Crippen LogP contribution in [0.25, 0.3) is 0 Å². The SMILES string of the molecule is CCOC(=O)[C@]1(C)C[C@H]1C(F)(F)P(=O)(OCC)OCC. The monoisotopic (exact) mass is 314 g/mol. The first-order chi connectivity index (χ1) is 9.19. The second-order valence-corrected chi connectivity index (χ2v) is 6.92. The summed E-state index contributed by atoms with van der Waals surface area (Å²) in [6, 6.07) is 0. The van der Waals surface area contributed by atoms with Crippen molar-refractivity contribution < 1.29 is 31.9 Å². The Morgan fingerprint density at radius 3 is 2.15 bits per heavy atom. The molecule has 0 unspecified atom stereocenters. The van der Waals surface area contributed by atoms with Gasteiger partial charge in [0, 0.05) is 0 Å². The molecule has 0 aromatic carbocycles. The predicted molar refractivity (Wildman–Crippen MR) is 68.7 cm³/mol. The lowest BCUT2D eigenvalue weighted by atomic mass is 10.1. The second kappa shape index (κ2) is 6.08. The number of hydrogen-bond acceptors (Lipinski definition) is 5. The molecule has 1 aliphatic rings. The Hall–Kier alpha value is -0.520. The molecule has 1 saturated carbocycles. The van der Waals surface area contributed by atoms with Crippen molar-refractivity contribution in [2.24, 2.45) is 11.3 Å². The van der Waals surface area contributed by atoms with Gasteiger partial charge in [-0.2, -0.15) is 8.78 Å². The first-order valence-corrected chi connectivity index (χ1v) is 8.18. The summed E-state index contributed by atoms with van der Waals surface area (Å²) in [7, 11) is -4.60. The normalized spacial score (nSPS) is 26.4. The molecule has 0 spiro atoms. The molecular weight excluding hydrogens is 293 g/mol.